The van der Waals surface area contributed by atoms with Gasteiger partial charge in [0, 0.05) is 17.2 Å². The average Bonchev–Trinajstić information content (AvgIpc) is 2.64. The van der Waals surface area contributed by atoms with Gasteiger partial charge in [-0.05, 0) is 48.9 Å². The van der Waals surface area contributed by atoms with Crippen LogP contribution in [-0.4, -0.2) is 25.2 Å². The summed E-state index contributed by atoms with van der Waals surface area (Å²) in [6.45, 7) is 1.32. The molecule has 8 heteroatoms. The largest absolute Gasteiger partial charge is 0.573 e. The molecule has 28 heavy (non-hydrogen) atoms. The number of methoxy groups -OCH3 is 1. The van der Waals surface area contributed by atoms with Crippen molar-refractivity contribution in [3.05, 3.63) is 65.2 Å². The first kappa shape index (κ1) is 21.0. The predicted molar refractivity (Wildman–Crippen MR) is 95.0 cm³/mol. The van der Waals surface area contributed by atoms with Gasteiger partial charge >= 0.3 is 12.3 Å². The number of rotatable bonds is 7. The Hall–Kier alpha value is -3.29. The van der Waals surface area contributed by atoms with Crippen LogP contribution in [0.3, 0.4) is 0 Å². The van der Waals surface area contributed by atoms with Gasteiger partial charge in [0.15, 0.2) is 5.78 Å². The zero-order valence-electron chi connectivity index (χ0n) is 15.1. The molecule has 0 radical (unpaired) electrons. The van der Waals surface area contributed by atoms with E-state index in [-0.39, 0.29) is 18.1 Å². The fraction of sp³-hybridized carbons (Fsp3) is 0.200. The lowest BCUT2D eigenvalue weighted by Crippen LogP contribution is -2.16. The van der Waals surface area contributed by atoms with Gasteiger partial charge in [0.1, 0.15) is 18.1 Å². The van der Waals surface area contributed by atoms with Crippen molar-refractivity contribution >= 4 is 17.8 Å². The van der Waals surface area contributed by atoms with E-state index in [1.54, 1.807) is 18.2 Å². The molecule has 0 spiro atoms. The molecular formula is C20H17F3O5. The highest BCUT2D eigenvalue weighted by molar-refractivity contribution is 5.94. The maximum Gasteiger partial charge on any atom is 0.573 e. The number of carbonyl (C=O) groups is 2. The maximum atomic E-state index is 12.1. The molecule has 0 saturated carbocycles. The minimum absolute atomic E-state index is 0.105. The Morgan fingerprint density at radius 3 is 2.32 bits per heavy atom. The number of benzene rings is 2. The van der Waals surface area contributed by atoms with Crippen LogP contribution in [0.1, 0.15) is 28.4 Å². The van der Waals surface area contributed by atoms with Crippen molar-refractivity contribution in [2.75, 3.05) is 7.11 Å². The summed E-state index contributed by atoms with van der Waals surface area (Å²) in [5.74, 6) is -0.675. The summed E-state index contributed by atoms with van der Waals surface area (Å²) in [6.07, 6.45) is -2.23. The Labute approximate surface area is 159 Å². The third-order valence-electron chi connectivity index (χ3n) is 3.58. The fourth-order valence-corrected chi connectivity index (χ4v) is 2.25. The van der Waals surface area contributed by atoms with Crippen molar-refractivity contribution in [3.63, 3.8) is 0 Å². The van der Waals surface area contributed by atoms with Crippen LogP contribution >= 0.6 is 0 Å². The minimum Gasteiger partial charge on any atom is -0.496 e. The highest BCUT2D eigenvalue weighted by atomic mass is 19.4. The van der Waals surface area contributed by atoms with Crippen LogP contribution in [0.25, 0.3) is 6.08 Å². The summed E-state index contributed by atoms with van der Waals surface area (Å²) in [5.41, 5.74) is 1.48. The quantitative estimate of drug-likeness (QED) is 0.392. The van der Waals surface area contributed by atoms with Crippen LogP contribution in [0.4, 0.5) is 13.2 Å². The summed E-state index contributed by atoms with van der Waals surface area (Å²) < 4.78 is 50.4. The van der Waals surface area contributed by atoms with Gasteiger partial charge in [0.05, 0.1) is 7.11 Å². The lowest BCUT2D eigenvalue weighted by atomic mass is 10.1. The maximum absolute atomic E-state index is 12.1. The van der Waals surface area contributed by atoms with E-state index in [0.29, 0.717) is 22.4 Å². The van der Waals surface area contributed by atoms with E-state index < -0.39 is 12.3 Å². The number of hydrogen-bond donors (Lipinski definition) is 0. The molecule has 0 saturated heterocycles. The standard InChI is InChI=1S/C20H17F3O5/c1-13(24)15-6-9-18(26-2)16(11-15)12-27-19(25)10-5-14-3-7-17(8-4-14)28-20(21,22)23/h3-11H,12H2,1-2H3/b10-5+. The number of hydrogen-bond acceptors (Lipinski definition) is 5. The lowest BCUT2D eigenvalue weighted by Gasteiger charge is -2.10. The van der Waals surface area contributed by atoms with Crippen molar-refractivity contribution in [3.8, 4) is 11.5 Å². The molecular weight excluding hydrogens is 377 g/mol. The van der Waals surface area contributed by atoms with E-state index in [1.807, 2.05) is 0 Å². The van der Waals surface area contributed by atoms with Gasteiger partial charge in [-0.15, -0.1) is 13.2 Å². The number of alkyl halides is 3. The molecule has 2 rings (SSSR count). The van der Waals surface area contributed by atoms with Crippen LogP contribution < -0.4 is 9.47 Å². The first-order valence-corrected chi connectivity index (χ1v) is 8.06. The highest BCUT2D eigenvalue weighted by Crippen LogP contribution is 2.23. The summed E-state index contributed by atoms with van der Waals surface area (Å²) in [4.78, 5) is 23.3. The number of esters is 1. The van der Waals surface area contributed by atoms with Gasteiger partial charge in [-0.2, -0.15) is 0 Å². The van der Waals surface area contributed by atoms with Crippen LogP contribution in [0.5, 0.6) is 11.5 Å². The summed E-state index contributed by atoms with van der Waals surface area (Å²) >= 11 is 0. The zero-order chi connectivity index (χ0) is 20.7. The minimum atomic E-state index is -4.76. The number of ether oxygens (including phenoxy) is 3. The third-order valence-corrected chi connectivity index (χ3v) is 3.58. The normalized spacial score (nSPS) is 11.3. The van der Waals surface area contributed by atoms with E-state index >= 15 is 0 Å². The molecule has 0 aliphatic rings. The van der Waals surface area contributed by atoms with E-state index in [1.165, 1.54) is 32.2 Å². The predicted octanol–water partition coefficient (Wildman–Crippen LogP) is 4.55. The monoisotopic (exact) mass is 394 g/mol. The van der Waals surface area contributed by atoms with Crippen molar-refractivity contribution in [2.45, 2.75) is 19.9 Å². The van der Waals surface area contributed by atoms with E-state index in [2.05, 4.69) is 4.74 Å². The van der Waals surface area contributed by atoms with Crippen molar-refractivity contribution in [2.24, 2.45) is 0 Å². The van der Waals surface area contributed by atoms with Gasteiger partial charge in [0.25, 0.3) is 0 Å². The van der Waals surface area contributed by atoms with Crippen LogP contribution in [0.15, 0.2) is 48.5 Å². The molecule has 0 heterocycles. The number of Topliss-reactive ketones (excluding diaryl/α,β-unsaturated/α-hetero) is 1. The summed E-state index contributed by atoms with van der Waals surface area (Å²) in [7, 11) is 1.46. The molecule has 148 valence electrons. The Morgan fingerprint density at radius 1 is 1.07 bits per heavy atom. The van der Waals surface area contributed by atoms with Crippen LogP contribution in [-0.2, 0) is 16.1 Å². The number of halogens is 3. The number of carbonyl (C=O) groups excluding carboxylic acids is 2. The molecule has 0 amide bonds. The smallest absolute Gasteiger partial charge is 0.496 e. The fourth-order valence-electron chi connectivity index (χ4n) is 2.25. The zero-order valence-corrected chi connectivity index (χ0v) is 15.1. The van der Waals surface area contributed by atoms with Gasteiger partial charge in [-0.3, -0.25) is 4.79 Å². The molecule has 0 N–H and O–H groups in total. The molecule has 2 aromatic rings. The van der Waals surface area contributed by atoms with E-state index in [9.17, 15) is 22.8 Å². The molecule has 0 aliphatic heterocycles. The molecule has 0 atom stereocenters. The second-order valence-corrected chi connectivity index (χ2v) is 5.64. The third kappa shape index (κ3) is 6.46. The summed E-state index contributed by atoms with van der Waals surface area (Å²) in [6, 6.07) is 9.80. The van der Waals surface area contributed by atoms with Gasteiger partial charge in [0.2, 0.25) is 0 Å². The van der Waals surface area contributed by atoms with Gasteiger partial charge < -0.3 is 14.2 Å². The first-order chi connectivity index (χ1) is 13.2. The molecule has 0 fully saturated rings. The summed E-state index contributed by atoms with van der Waals surface area (Å²) in [5, 5.41) is 0. The number of ketones is 1. The second kappa shape index (κ2) is 9.07. The molecule has 5 nitrogen and oxygen atoms in total. The molecule has 0 aromatic heterocycles. The Kier molecular flexibility index (Phi) is 6.81. The van der Waals surface area contributed by atoms with Crippen LogP contribution in [0.2, 0.25) is 0 Å². The van der Waals surface area contributed by atoms with E-state index in [4.69, 9.17) is 9.47 Å². The molecule has 0 unspecified atom stereocenters. The SMILES string of the molecule is COc1ccc(C(C)=O)cc1COC(=O)/C=C/c1ccc(OC(F)(F)F)cc1. The molecule has 0 aliphatic carbocycles. The molecule has 0 bridgehead atoms. The Morgan fingerprint density at radius 2 is 1.75 bits per heavy atom. The topological polar surface area (TPSA) is 61.8 Å². The average molecular weight is 394 g/mol. The Bertz CT molecular complexity index is 870. The van der Waals surface area contributed by atoms with Crippen molar-refractivity contribution in [1.82, 2.24) is 0 Å². The molecule has 2 aromatic carbocycles. The van der Waals surface area contributed by atoms with Gasteiger partial charge in [-0.1, -0.05) is 12.1 Å². The van der Waals surface area contributed by atoms with E-state index in [0.717, 1.165) is 18.2 Å². The van der Waals surface area contributed by atoms with Crippen molar-refractivity contribution < 1.29 is 37.0 Å². The lowest BCUT2D eigenvalue weighted by molar-refractivity contribution is -0.274. The Balaban J connectivity index is 1.97. The van der Waals surface area contributed by atoms with Gasteiger partial charge in [-0.25, -0.2) is 4.79 Å². The highest BCUT2D eigenvalue weighted by Gasteiger charge is 2.30. The van der Waals surface area contributed by atoms with Crippen LogP contribution in [0, 0.1) is 0 Å². The second-order valence-electron chi connectivity index (χ2n) is 5.64. The van der Waals surface area contributed by atoms with Crippen molar-refractivity contribution in [1.29, 1.82) is 0 Å². The first-order valence-electron chi connectivity index (χ1n) is 8.06.